The molecule has 6 atom stereocenters. The summed E-state index contributed by atoms with van der Waals surface area (Å²) < 4.78 is 10.6. The Bertz CT molecular complexity index is 755. The molecule has 0 aromatic heterocycles. The minimum atomic E-state index is -0.560. The van der Waals surface area contributed by atoms with Crippen molar-refractivity contribution in [3.05, 3.63) is 36.0 Å². The van der Waals surface area contributed by atoms with E-state index in [-0.39, 0.29) is 35.9 Å². The molecular formula is C24H35NO5. The Morgan fingerprint density at radius 1 is 1.33 bits per heavy atom. The zero-order chi connectivity index (χ0) is 21.5. The molecule has 3 unspecified atom stereocenters. The van der Waals surface area contributed by atoms with E-state index in [0.29, 0.717) is 31.8 Å². The van der Waals surface area contributed by atoms with Gasteiger partial charge in [-0.3, -0.25) is 4.90 Å². The number of nitrogens with zero attached hydrogens (tertiary/aromatic N) is 1. The summed E-state index contributed by atoms with van der Waals surface area (Å²) in [4.78, 5) is 14.4. The van der Waals surface area contributed by atoms with E-state index in [1.807, 2.05) is 19.1 Å². The maximum atomic E-state index is 11.9. The second kappa shape index (κ2) is 8.23. The SMILES string of the molecule is C=C1C(N2CCOCC2)CC2[C@](C)(CC[C@@H](O)[C@@]2(C)CO)C1C=CC1=CCOC1=O. The molecule has 30 heavy (non-hydrogen) atoms. The normalized spacial score (nSPS) is 42.9. The van der Waals surface area contributed by atoms with Crippen LogP contribution in [0.25, 0.3) is 0 Å². The van der Waals surface area contributed by atoms with Gasteiger partial charge in [-0.05, 0) is 36.7 Å². The van der Waals surface area contributed by atoms with E-state index < -0.39 is 11.5 Å². The molecule has 0 amide bonds. The van der Waals surface area contributed by atoms with Crippen LogP contribution in [0.5, 0.6) is 0 Å². The van der Waals surface area contributed by atoms with Crippen molar-refractivity contribution in [3.63, 3.8) is 0 Å². The Hall–Kier alpha value is -1.47. The summed E-state index contributed by atoms with van der Waals surface area (Å²) in [5, 5.41) is 21.2. The van der Waals surface area contributed by atoms with Crippen LogP contribution in [0.15, 0.2) is 36.0 Å². The van der Waals surface area contributed by atoms with Gasteiger partial charge in [0, 0.05) is 30.5 Å². The van der Waals surface area contributed by atoms with Gasteiger partial charge in [0.25, 0.3) is 0 Å². The summed E-state index contributed by atoms with van der Waals surface area (Å²) in [6.45, 7) is 12.3. The van der Waals surface area contributed by atoms with Gasteiger partial charge < -0.3 is 19.7 Å². The molecule has 2 heterocycles. The highest BCUT2D eigenvalue weighted by Gasteiger charge is 2.59. The predicted molar refractivity (Wildman–Crippen MR) is 114 cm³/mol. The molecule has 166 valence electrons. The lowest BCUT2D eigenvalue weighted by atomic mass is 9.45. The number of carbonyl (C=O) groups is 1. The molecule has 0 bridgehead atoms. The minimum Gasteiger partial charge on any atom is -0.458 e. The first-order valence-corrected chi connectivity index (χ1v) is 11.2. The molecule has 0 spiro atoms. The summed E-state index contributed by atoms with van der Waals surface area (Å²) >= 11 is 0. The van der Waals surface area contributed by atoms with Crippen LogP contribution in [0.3, 0.4) is 0 Å². The highest BCUT2D eigenvalue weighted by Crippen LogP contribution is 2.61. The minimum absolute atomic E-state index is 0.0371. The first-order valence-electron chi connectivity index (χ1n) is 11.2. The molecule has 2 aliphatic heterocycles. The fourth-order valence-corrected chi connectivity index (χ4v) is 6.39. The fraction of sp³-hybridized carbons (Fsp3) is 0.708. The largest absolute Gasteiger partial charge is 0.458 e. The Morgan fingerprint density at radius 3 is 2.70 bits per heavy atom. The summed E-state index contributed by atoms with van der Waals surface area (Å²) in [5.74, 6) is -0.0913. The van der Waals surface area contributed by atoms with Gasteiger partial charge >= 0.3 is 5.97 Å². The number of morpholine rings is 1. The molecule has 6 nitrogen and oxygen atoms in total. The van der Waals surface area contributed by atoms with E-state index in [2.05, 4.69) is 24.5 Å². The van der Waals surface area contributed by atoms with Crippen LogP contribution in [0, 0.1) is 22.7 Å². The smallest absolute Gasteiger partial charge is 0.338 e. The molecule has 0 radical (unpaired) electrons. The van der Waals surface area contributed by atoms with E-state index in [4.69, 9.17) is 9.47 Å². The molecule has 4 rings (SSSR count). The van der Waals surface area contributed by atoms with Crippen LogP contribution in [0.4, 0.5) is 0 Å². The summed E-state index contributed by atoms with van der Waals surface area (Å²) in [7, 11) is 0. The second-order valence-electron chi connectivity index (χ2n) is 9.85. The van der Waals surface area contributed by atoms with Crippen LogP contribution in [-0.2, 0) is 14.3 Å². The van der Waals surface area contributed by atoms with E-state index >= 15 is 0 Å². The summed E-state index contributed by atoms with van der Waals surface area (Å²) in [6, 6.07) is 0.169. The van der Waals surface area contributed by atoms with Crippen molar-refractivity contribution in [2.45, 2.75) is 45.3 Å². The molecule has 4 aliphatic rings. The number of esters is 1. The van der Waals surface area contributed by atoms with Crippen molar-refractivity contribution >= 4 is 5.97 Å². The summed E-state index contributed by atoms with van der Waals surface area (Å²) in [6.07, 6.45) is 7.70. The van der Waals surface area contributed by atoms with E-state index in [1.165, 1.54) is 0 Å². The van der Waals surface area contributed by atoms with Crippen molar-refractivity contribution in [3.8, 4) is 0 Å². The highest BCUT2D eigenvalue weighted by molar-refractivity contribution is 5.93. The monoisotopic (exact) mass is 417 g/mol. The second-order valence-corrected chi connectivity index (χ2v) is 9.85. The number of rotatable bonds is 4. The van der Waals surface area contributed by atoms with Crippen LogP contribution in [0.2, 0.25) is 0 Å². The van der Waals surface area contributed by atoms with Crippen molar-refractivity contribution in [2.75, 3.05) is 39.5 Å². The van der Waals surface area contributed by atoms with Crippen LogP contribution >= 0.6 is 0 Å². The van der Waals surface area contributed by atoms with Crippen molar-refractivity contribution < 1.29 is 24.5 Å². The number of carbonyl (C=O) groups excluding carboxylic acids is 1. The maximum absolute atomic E-state index is 11.9. The average Bonchev–Trinajstić information content (AvgIpc) is 3.16. The topological polar surface area (TPSA) is 79.2 Å². The predicted octanol–water partition coefficient (Wildman–Crippen LogP) is 2.08. The standard InChI is InChI=1S/C24H35NO5/c1-16-18(5-4-17-7-11-30-22(17)28)23(2)8-6-21(27)24(3,15-26)20(23)14-19(16)25-9-12-29-13-10-25/h4-5,7,18-21,26-27H,1,6,8-15H2,2-3H3/t18?,19?,20?,21-,23-,24+/m1/s1. The summed E-state index contributed by atoms with van der Waals surface area (Å²) in [5.41, 5.74) is 1.05. The maximum Gasteiger partial charge on any atom is 0.338 e. The number of aliphatic hydroxyl groups excluding tert-OH is 2. The lowest BCUT2D eigenvalue weighted by Gasteiger charge is -2.62. The van der Waals surface area contributed by atoms with Crippen molar-refractivity contribution in [1.82, 2.24) is 4.90 Å². The third-order valence-electron chi connectivity index (χ3n) is 8.36. The van der Waals surface area contributed by atoms with Gasteiger partial charge in [-0.2, -0.15) is 0 Å². The Kier molecular flexibility index (Phi) is 5.96. The van der Waals surface area contributed by atoms with Gasteiger partial charge in [-0.25, -0.2) is 4.79 Å². The van der Waals surface area contributed by atoms with Crippen molar-refractivity contribution in [1.29, 1.82) is 0 Å². The third-order valence-corrected chi connectivity index (χ3v) is 8.36. The van der Waals surface area contributed by atoms with Crippen molar-refractivity contribution in [2.24, 2.45) is 22.7 Å². The Morgan fingerprint density at radius 2 is 2.07 bits per heavy atom. The van der Waals surface area contributed by atoms with Gasteiger partial charge in [0.15, 0.2) is 0 Å². The molecule has 6 heteroatoms. The highest BCUT2D eigenvalue weighted by atomic mass is 16.5. The molecule has 0 aromatic carbocycles. The molecule has 1 saturated heterocycles. The third kappa shape index (κ3) is 3.48. The lowest BCUT2D eigenvalue weighted by Crippen LogP contribution is -2.61. The number of ether oxygens (including phenoxy) is 2. The number of cyclic esters (lactones) is 1. The number of aliphatic hydroxyl groups is 2. The molecule has 2 saturated carbocycles. The van der Waals surface area contributed by atoms with Crippen LogP contribution in [0.1, 0.15) is 33.1 Å². The number of hydrogen-bond donors (Lipinski definition) is 2. The van der Waals surface area contributed by atoms with Gasteiger partial charge in [-0.15, -0.1) is 0 Å². The van der Waals surface area contributed by atoms with Gasteiger partial charge in [0.2, 0.25) is 0 Å². The van der Waals surface area contributed by atoms with Gasteiger partial charge in [0.05, 0.1) is 31.5 Å². The molecule has 3 fully saturated rings. The van der Waals surface area contributed by atoms with E-state index in [0.717, 1.165) is 31.5 Å². The first-order chi connectivity index (χ1) is 14.3. The Balaban J connectivity index is 1.72. The lowest BCUT2D eigenvalue weighted by molar-refractivity contribution is -0.156. The average molecular weight is 418 g/mol. The van der Waals surface area contributed by atoms with E-state index in [9.17, 15) is 15.0 Å². The van der Waals surface area contributed by atoms with Gasteiger partial charge in [0.1, 0.15) is 6.61 Å². The quantitative estimate of drug-likeness (QED) is 0.539. The zero-order valence-electron chi connectivity index (χ0n) is 18.2. The van der Waals surface area contributed by atoms with Gasteiger partial charge in [-0.1, -0.05) is 38.2 Å². The molecule has 2 aliphatic carbocycles. The van der Waals surface area contributed by atoms with E-state index in [1.54, 1.807) is 0 Å². The molecule has 2 N–H and O–H groups in total. The first kappa shape index (κ1) is 21.8. The number of hydrogen-bond acceptors (Lipinski definition) is 6. The van der Waals surface area contributed by atoms with Crippen LogP contribution < -0.4 is 0 Å². The van der Waals surface area contributed by atoms with Crippen LogP contribution in [-0.4, -0.2) is 72.7 Å². The molecule has 0 aromatic rings. The molecular weight excluding hydrogens is 382 g/mol. The Labute approximate surface area is 179 Å². The number of allylic oxidation sites excluding steroid dienone is 1. The number of fused-ring (bicyclic) bond motifs is 1. The zero-order valence-corrected chi connectivity index (χ0v) is 18.2. The fourth-order valence-electron chi connectivity index (χ4n) is 6.39.